The van der Waals surface area contributed by atoms with Crippen LogP contribution < -0.4 is 0 Å². The molecule has 0 amide bonds. The van der Waals surface area contributed by atoms with Crippen LogP contribution in [0.15, 0.2) is 28.8 Å². The maximum absolute atomic E-state index is 5.40. The number of fused-ring (bicyclic) bond motifs is 1. The van der Waals surface area contributed by atoms with Gasteiger partial charge in [-0.2, -0.15) is 4.98 Å². The first-order chi connectivity index (χ1) is 10.3. The average Bonchev–Trinajstić information content (AvgIpc) is 3.10. The minimum atomic E-state index is 0.590. The van der Waals surface area contributed by atoms with Crippen molar-refractivity contribution in [2.24, 2.45) is 0 Å². The molecule has 0 saturated heterocycles. The Bertz CT molecular complexity index is 607. The van der Waals surface area contributed by atoms with Gasteiger partial charge >= 0.3 is 0 Å². The molecule has 0 atom stereocenters. The van der Waals surface area contributed by atoms with E-state index in [1.807, 2.05) is 0 Å². The van der Waals surface area contributed by atoms with Crippen LogP contribution in [0.4, 0.5) is 0 Å². The van der Waals surface area contributed by atoms with Gasteiger partial charge in [-0.25, -0.2) is 0 Å². The fourth-order valence-corrected chi connectivity index (χ4v) is 3.39. The van der Waals surface area contributed by atoms with Crippen molar-refractivity contribution < 1.29 is 4.52 Å². The van der Waals surface area contributed by atoms with E-state index in [0.29, 0.717) is 12.1 Å². The Morgan fingerprint density at radius 3 is 2.43 bits per heavy atom. The molecule has 1 aromatic carbocycles. The second-order valence-electron chi connectivity index (χ2n) is 6.19. The van der Waals surface area contributed by atoms with Crippen molar-refractivity contribution in [1.29, 1.82) is 0 Å². The molecule has 0 N–H and O–H groups in total. The van der Waals surface area contributed by atoms with E-state index < -0.39 is 0 Å². The highest BCUT2D eigenvalue weighted by Gasteiger charge is 2.37. The molecule has 0 spiro atoms. The number of hydrogen-bond donors (Lipinski definition) is 0. The van der Waals surface area contributed by atoms with Gasteiger partial charge in [0.25, 0.3) is 0 Å². The molecule has 2 aliphatic carbocycles. The summed E-state index contributed by atoms with van der Waals surface area (Å²) in [6.45, 7) is 2.86. The summed E-state index contributed by atoms with van der Waals surface area (Å²) in [5.41, 5.74) is 3.01. The lowest BCUT2D eigenvalue weighted by atomic mass is 10.1. The maximum Gasteiger partial charge on any atom is 0.240 e. The quantitative estimate of drug-likeness (QED) is 0.846. The number of rotatable bonds is 5. The fraction of sp³-hybridized carbons (Fsp3) is 0.529. The zero-order valence-electron chi connectivity index (χ0n) is 12.5. The summed E-state index contributed by atoms with van der Waals surface area (Å²) in [5.74, 6) is 1.59. The number of nitrogens with zero attached hydrogens (tertiary/aromatic N) is 3. The van der Waals surface area contributed by atoms with E-state index in [2.05, 4.69) is 46.2 Å². The molecule has 4 heteroatoms. The van der Waals surface area contributed by atoms with Crippen molar-refractivity contribution in [3.8, 4) is 0 Å². The maximum atomic E-state index is 5.40. The topological polar surface area (TPSA) is 42.2 Å². The predicted molar refractivity (Wildman–Crippen MR) is 79.9 cm³/mol. The van der Waals surface area contributed by atoms with Crippen LogP contribution >= 0.6 is 0 Å². The molecule has 0 aliphatic heterocycles. The normalized spacial score (nSPS) is 18.4. The summed E-state index contributed by atoms with van der Waals surface area (Å²) in [6.07, 6.45) is 5.76. The van der Waals surface area contributed by atoms with Gasteiger partial charge in [-0.15, -0.1) is 0 Å². The molecule has 1 saturated carbocycles. The lowest BCUT2D eigenvalue weighted by Gasteiger charge is -2.27. The third kappa shape index (κ3) is 2.60. The first-order valence-corrected chi connectivity index (χ1v) is 7.97. The molecular formula is C17H21N3O. The highest BCUT2D eigenvalue weighted by molar-refractivity contribution is 5.33. The molecule has 0 bridgehead atoms. The second-order valence-corrected chi connectivity index (χ2v) is 6.19. The molecule has 4 rings (SSSR count). The molecule has 0 unspecified atom stereocenters. The number of benzene rings is 1. The van der Waals surface area contributed by atoms with Gasteiger partial charge < -0.3 is 4.52 Å². The minimum Gasteiger partial charge on any atom is -0.338 e. The van der Waals surface area contributed by atoms with Crippen LogP contribution in [-0.4, -0.2) is 27.1 Å². The number of hydrogen-bond acceptors (Lipinski definition) is 4. The summed E-state index contributed by atoms with van der Waals surface area (Å²) in [4.78, 5) is 7.07. The van der Waals surface area contributed by atoms with Gasteiger partial charge in [0.2, 0.25) is 5.89 Å². The van der Waals surface area contributed by atoms with E-state index >= 15 is 0 Å². The van der Waals surface area contributed by atoms with Crippen molar-refractivity contribution in [3.05, 3.63) is 47.1 Å². The molecule has 1 fully saturated rings. The lowest BCUT2D eigenvalue weighted by molar-refractivity contribution is 0.159. The summed E-state index contributed by atoms with van der Waals surface area (Å²) >= 11 is 0. The van der Waals surface area contributed by atoms with Crippen LogP contribution in [0, 0.1) is 0 Å². The van der Waals surface area contributed by atoms with Gasteiger partial charge in [0.1, 0.15) is 0 Å². The lowest BCUT2D eigenvalue weighted by Crippen LogP contribution is -2.37. The molecule has 2 aliphatic rings. The first-order valence-electron chi connectivity index (χ1n) is 7.97. The van der Waals surface area contributed by atoms with E-state index in [4.69, 9.17) is 4.52 Å². The Morgan fingerprint density at radius 1 is 1.14 bits per heavy atom. The van der Waals surface area contributed by atoms with Crippen LogP contribution in [0.3, 0.4) is 0 Å². The van der Waals surface area contributed by atoms with E-state index in [1.54, 1.807) is 0 Å². The SMILES string of the molecule is CCc1noc(CN(C2CC2)C2Cc3ccccc3C2)n1. The van der Waals surface area contributed by atoms with E-state index in [9.17, 15) is 0 Å². The largest absolute Gasteiger partial charge is 0.338 e. The Morgan fingerprint density at radius 2 is 1.86 bits per heavy atom. The average molecular weight is 283 g/mol. The zero-order chi connectivity index (χ0) is 14.2. The molecule has 1 aromatic heterocycles. The van der Waals surface area contributed by atoms with E-state index in [0.717, 1.165) is 37.5 Å². The summed E-state index contributed by atoms with van der Waals surface area (Å²) < 4.78 is 5.40. The van der Waals surface area contributed by atoms with Crippen LogP contribution in [-0.2, 0) is 25.8 Å². The minimum absolute atomic E-state index is 0.590. The van der Waals surface area contributed by atoms with Gasteiger partial charge in [-0.1, -0.05) is 36.3 Å². The van der Waals surface area contributed by atoms with Crippen molar-refractivity contribution in [1.82, 2.24) is 15.0 Å². The second kappa shape index (κ2) is 5.26. The van der Waals surface area contributed by atoms with Crippen LogP contribution in [0.1, 0.15) is 42.6 Å². The molecule has 21 heavy (non-hydrogen) atoms. The first kappa shape index (κ1) is 13.0. The summed E-state index contributed by atoms with van der Waals surface area (Å²) in [7, 11) is 0. The van der Waals surface area contributed by atoms with Gasteiger partial charge in [-0.05, 0) is 36.8 Å². The van der Waals surface area contributed by atoms with Crippen LogP contribution in [0.5, 0.6) is 0 Å². The predicted octanol–water partition coefficient (Wildman–Crippen LogP) is 2.76. The molecule has 4 nitrogen and oxygen atoms in total. The Balaban J connectivity index is 1.51. The van der Waals surface area contributed by atoms with Gasteiger partial charge in [0, 0.05) is 18.5 Å². The van der Waals surface area contributed by atoms with Crippen LogP contribution in [0.25, 0.3) is 0 Å². The molecule has 2 aromatic rings. The Labute approximate surface area is 125 Å². The van der Waals surface area contributed by atoms with Gasteiger partial charge in [0.05, 0.1) is 6.54 Å². The monoisotopic (exact) mass is 283 g/mol. The van der Waals surface area contributed by atoms with E-state index in [-0.39, 0.29) is 0 Å². The Hall–Kier alpha value is -1.68. The van der Waals surface area contributed by atoms with Crippen molar-refractivity contribution in [2.75, 3.05) is 0 Å². The van der Waals surface area contributed by atoms with Crippen molar-refractivity contribution in [2.45, 2.75) is 57.7 Å². The summed E-state index contributed by atoms with van der Waals surface area (Å²) in [6, 6.07) is 10.1. The highest BCUT2D eigenvalue weighted by Crippen LogP contribution is 2.35. The number of aromatic nitrogens is 2. The third-order valence-corrected chi connectivity index (χ3v) is 4.66. The van der Waals surface area contributed by atoms with Crippen LogP contribution in [0.2, 0.25) is 0 Å². The van der Waals surface area contributed by atoms with E-state index in [1.165, 1.54) is 24.0 Å². The molecule has 1 heterocycles. The summed E-state index contributed by atoms with van der Waals surface area (Å²) in [5, 5.41) is 4.02. The number of aryl methyl sites for hydroxylation is 1. The fourth-order valence-electron chi connectivity index (χ4n) is 3.39. The van der Waals surface area contributed by atoms with Crippen molar-refractivity contribution >= 4 is 0 Å². The van der Waals surface area contributed by atoms with Gasteiger partial charge in [-0.3, -0.25) is 4.90 Å². The Kier molecular flexibility index (Phi) is 3.26. The van der Waals surface area contributed by atoms with Gasteiger partial charge in [0.15, 0.2) is 5.82 Å². The molecule has 110 valence electrons. The smallest absolute Gasteiger partial charge is 0.240 e. The van der Waals surface area contributed by atoms with Crippen molar-refractivity contribution in [3.63, 3.8) is 0 Å². The molecule has 0 radical (unpaired) electrons. The zero-order valence-corrected chi connectivity index (χ0v) is 12.5. The molecular weight excluding hydrogens is 262 g/mol. The standard InChI is InChI=1S/C17H21N3O/c1-2-16-18-17(21-19-16)11-20(14-7-8-14)15-9-12-5-3-4-6-13(12)10-15/h3-6,14-15H,2,7-11H2,1H3. The third-order valence-electron chi connectivity index (χ3n) is 4.66. The highest BCUT2D eigenvalue weighted by atomic mass is 16.5.